The molecule has 1 unspecified atom stereocenters. The summed E-state index contributed by atoms with van der Waals surface area (Å²) in [6.07, 6.45) is 8.23. The topological polar surface area (TPSA) is 0 Å². The van der Waals surface area contributed by atoms with Crippen LogP contribution in [0.3, 0.4) is 0 Å². The summed E-state index contributed by atoms with van der Waals surface area (Å²) in [6, 6.07) is 0. The fourth-order valence-electron chi connectivity index (χ4n) is 1.52. The van der Waals surface area contributed by atoms with Gasteiger partial charge in [0, 0.05) is 0 Å². The minimum atomic E-state index is 0.637. The molecule has 0 N–H and O–H groups in total. The van der Waals surface area contributed by atoms with Crippen LogP contribution in [-0.2, 0) is 0 Å². The predicted molar refractivity (Wildman–Crippen MR) is 59.7 cm³/mol. The fourth-order valence-corrected chi connectivity index (χ4v) is 1.52. The van der Waals surface area contributed by atoms with E-state index in [2.05, 4.69) is 39.5 Å². The molecule has 0 spiro atoms. The van der Waals surface area contributed by atoms with E-state index in [1.54, 1.807) is 5.57 Å². The summed E-state index contributed by atoms with van der Waals surface area (Å²) in [6.45, 7) is 10.6. The van der Waals surface area contributed by atoms with E-state index in [9.17, 15) is 0 Å². The van der Waals surface area contributed by atoms with Crippen molar-refractivity contribution in [3.8, 4) is 0 Å². The van der Waals surface area contributed by atoms with E-state index >= 15 is 0 Å². The van der Waals surface area contributed by atoms with Gasteiger partial charge in [0.25, 0.3) is 0 Å². The highest BCUT2D eigenvalue weighted by atomic mass is 14.1. The molecule has 0 heterocycles. The van der Waals surface area contributed by atoms with Crippen molar-refractivity contribution >= 4 is 0 Å². The molecular formula is C13H20. The lowest BCUT2D eigenvalue weighted by atomic mass is 9.89. The highest BCUT2D eigenvalue weighted by molar-refractivity contribution is 5.23. The van der Waals surface area contributed by atoms with Crippen molar-refractivity contribution in [1.29, 1.82) is 0 Å². The molecule has 0 amide bonds. The van der Waals surface area contributed by atoms with Crippen molar-refractivity contribution in [2.75, 3.05) is 0 Å². The zero-order chi connectivity index (χ0) is 9.84. The molecule has 0 aromatic heterocycles. The monoisotopic (exact) mass is 176 g/mol. The maximum Gasteiger partial charge on any atom is -0.0200 e. The van der Waals surface area contributed by atoms with Gasteiger partial charge in [-0.3, -0.25) is 0 Å². The zero-order valence-corrected chi connectivity index (χ0v) is 9.06. The molecule has 0 aliphatic heterocycles. The smallest absolute Gasteiger partial charge is 0.0200 e. The molecule has 0 aromatic rings. The highest BCUT2D eigenvalue weighted by Gasteiger charge is 2.08. The number of hydrogen-bond donors (Lipinski definition) is 0. The zero-order valence-electron chi connectivity index (χ0n) is 9.06. The minimum absolute atomic E-state index is 0.637. The Balaban J connectivity index is 2.51. The molecule has 0 heteroatoms. The van der Waals surface area contributed by atoms with Crippen molar-refractivity contribution in [3.63, 3.8) is 0 Å². The third-order valence-electron chi connectivity index (χ3n) is 2.85. The average molecular weight is 176 g/mol. The van der Waals surface area contributed by atoms with Gasteiger partial charge in [-0.15, -0.1) is 0 Å². The van der Waals surface area contributed by atoms with Crippen molar-refractivity contribution in [2.45, 2.75) is 40.0 Å². The summed E-state index contributed by atoms with van der Waals surface area (Å²) in [5, 5.41) is 0. The lowest BCUT2D eigenvalue weighted by molar-refractivity contribution is 0.649. The Labute approximate surface area is 82.0 Å². The van der Waals surface area contributed by atoms with Crippen LogP contribution in [0.25, 0.3) is 0 Å². The quantitative estimate of drug-likeness (QED) is 0.564. The van der Waals surface area contributed by atoms with Crippen LogP contribution >= 0.6 is 0 Å². The Hall–Kier alpha value is -0.780. The molecule has 0 radical (unpaired) electrons. The van der Waals surface area contributed by atoms with Crippen LogP contribution in [0.1, 0.15) is 40.0 Å². The summed E-state index contributed by atoms with van der Waals surface area (Å²) >= 11 is 0. The third kappa shape index (κ3) is 3.22. The van der Waals surface area contributed by atoms with Gasteiger partial charge in [-0.25, -0.2) is 0 Å². The van der Waals surface area contributed by atoms with Crippen molar-refractivity contribution in [3.05, 3.63) is 35.5 Å². The summed E-state index contributed by atoms with van der Waals surface area (Å²) in [7, 11) is 0. The molecule has 13 heavy (non-hydrogen) atoms. The molecule has 0 fully saturated rings. The second-order valence-corrected chi connectivity index (χ2v) is 4.29. The number of allylic oxidation sites excluding steroid dienone is 5. The van der Waals surface area contributed by atoms with Crippen LogP contribution in [0, 0.1) is 5.92 Å². The lowest BCUT2D eigenvalue weighted by Gasteiger charge is -2.16. The summed E-state index contributed by atoms with van der Waals surface area (Å²) in [5.41, 5.74) is 4.39. The molecule has 0 aromatic carbocycles. The molecule has 0 saturated heterocycles. The molecule has 72 valence electrons. The molecular weight excluding hydrogens is 156 g/mol. The Morgan fingerprint density at radius 1 is 1.46 bits per heavy atom. The van der Waals surface area contributed by atoms with Crippen LogP contribution in [0.5, 0.6) is 0 Å². The van der Waals surface area contributed by atoms with Gasteiger partial charge in [0.15, 0.2) is 0 Å². The second kappa shape index (κ2) is 4.45. The van der Waals surface area contributed by atoms with E-state index in [0.29, 0.717) is 5.92 Å². The SMILES string of the molecule is C=C(C)C(C)CC1=CC=C(C)CC1. The number of rotatable bonds is 3. The first-order chi connectivity index (χ1) is 6.09. The molecule has 1 rings (SSSR count). The summed E-state index contributed by atoms with van der Waals surface area (Å²) in [4.78, 5) is 0. The molecule has 0 bridgehead atoms. The second-order valence-electron chi connectivity index (χ2n) is 4.29. The van der Waals surface area contributed by atoms with Gasteiger partial charge in [-0.05, 0) is 39.0 Å². The Kier molecular flexibility index (Phi) is 3.53. The minimum Gasteiger partial charge on any atom is -0.0999 e. The molecule has 0 nitrogen and oxygen atoms in total. The van der Waals surface area contributed by atoms with Gasteiger partial charge in [-0.1, -0.05) is 42.4 Å². The largest absolute Gasteiger partial charge is 0.0999 e. The van der Waals surface area contributed by atoms with E-state index < -0.39 is 0 Å². The maximum atomic E-state index is 3.99. The predicted octanol–water partition coefficient (Wildman–Crippen LogP) is 4.26. The Bertz CT molecular complexity index is 253. The van der Waals surface area contributed by atoms with Crippen molar-refractivity contribution < 1.29 is 0 Å². The van der Waals surface area contributed by atoms with Crippen LogP contribution < -0.4 is 0 Å². The maximum absolute atomic E-state index is 3.99. The van der Waals surface area contributed by atoms with E-state index in [-0.39, 0.29) is 0 Å². The Morgan fingerprint density at radius 2 is 2.15 bits per heavy atom. The normalized spacial score (nSPS) is 19.0. The van der Waals surface area contributed by atoms with Gasteiger partial charge < -0.3 is 0 Å². The van der Waals surface area contributed by atoms with Gasteiger partial charge in [0.05, 0.1) is 0 Å². The van der Waals surface area contributed by atoms with Gasteiger partial charge in [0.1, 0.15) is 0 Å². The summed E-state index contributed by atoms with van der Waals surface area (Å²) in [5.74, 6) is 0.637. The first-order valence-corrected chi connectivity index (χ1v) is 5.10. The van der Waals surface area contributed by atoms with Crippen LogP contribution in [0.15, 0.2) is 35.5 Å². The molecule has 0 saturated carbocycles. The Morgan fingerprint density at radius 3 is 2.62 bits per heavy atom. The standard InChI is InChI=1S/C13H20/c1-10(2)12(4)9-13-7-5-11(3)6-8-13/h5,7,12H,1,6,8-9H2,2-4H3. The number of hydrogen-bond acceptors (Lipinski definition) is 0. The van der Waals surface area contributed by atoms with Gasteiger partial charge >= 0.3 is 0 Å². The molecule has 1 aliphatic rings. The van der Waals surface area contributed by atoms with E-state index in [0.717, 1.165) is 0 Å². The van der Waals surface area contributed by atoms with E-state index in [4.69, 9.17) is 0 Å². The van der Waals surface area contributed by atoms with Crippen LogP contribution in [0.4, 0.5) is 0 Å². The third-order valence-corrected chi connectivity index (χ3v) is 2.85. The van der Waals surface area contributed by atoms with E-state index in [1.165, 1.54) is 30.4 Å². The van der Waals surface area contributed by atoms with Crippen molar-refractivity contribution in [1.82, 2.24) is 0 Å². The fraction of sp³-hybridized carbons (Fsp3) is 0.538. The van der Waals surface area contributed by atoms with Gasteiger partial charge in [0.2, 0.25) is 0 Å². The van der Waals surface area contributed by atoms with Crippen LogP contribution in [-0.4, -0.2) is 0 Å². The van der Waals surface area contributed by atoms with Gasteiger partial charge in [-0.2, -0.15) is 0 Å². The van der Waals surface area contributed by atoms with E-state index in [1.807, 2.05) is 0 Å². The average Bonchev–Trinajstić information content (AvgIpc) is 2.08. The first-order valence-electron chi connectivity index (χ1n) is 5.10. The van der Waals surface area contributed by atoms with Crippen LogP contribution in [0.2, 0.25) is 0 Å². The van der Waals surface area contributed by atoms with Crippen molar-refractivity contribution in [2.24, 2.45) is 5.92 Å². The molecule has 1 aliphatic carbocycles. The summed E-state index contributed by atoms with van der Waals surface area (Å²) < 4.78 is 0. The highest BCUT2D eigenvalue weighted by Crippen LogP contribution is 2.25. The molecule has 1 atom stereocenters. The first kappa shape index (κ1) is 10.3. The lowest BCUT2D eigenvalue weighted by Crippen LogP contribution is -2.00.